The molecular weight excluding hydrogens is 261 g/mol. The van der Waals surface area contributed by atoms with Crippen molar-refractivity contribution in [2.24, 2.45) is 0 Å². The molecule has 1 aromatic heterocycles. The maximum Gasteiger partial charge on any atom is 0.366 e. The van der Waals surface area contributed by atoms with Crippen LogP contribution in [-0.4, -0.2) is 20.6 Å². The highest BCUT2D eigenvalue weighted by atomic mass is 35.5. The first-order valence-corrected chi connectivity index (χ1v) is 8.14. The summed E-state index contributed by atoms with van der Waals surface area (Å²) in [5, 5.41) is 0. The van der Waals surface area contributed by atoms with Gasteiger partial charge in [0.15, 0.2) is 8.24 Å². The van der Waals surface area contributed by atoms with E-state index in [9.17, 15) is 14.4 Å². The SMILES string of the molecule is C[Si](C)(C)n1c(=O)n(Cl)c(=O)n(Cl)c1=O. The molecule has 9 heteroatoms. The average molecular weight is 270 g/mol. The largest absolute Gasteiger partial charge is 0.366 e. The van der Waals surface area contributed by atoms with Gasteiger partial charge in [0.2, 0.25) is 0 Å². The topological polar surface area (TPSA) is 66.0 Å². The van der Waals surface area contributed by atoms with E-state index < -0.39 is 25.3 Å². The summed E-state index contributed by atoms with van der Waals surface area (Å²) < 4.78 is 1.54. The van der Waals surface area contributed by atoms with Crippen LogP contribution in [0, 0.1) is 0 Å². The molecule has 1 heterocycles. The monoisotopic (exact) mass is 269 g/mol. The van der Waals surface area contributed by atoms with Crippen molar-refractivity contribution in [1.29, 1.82) is 0 Å². The summed E-state index contributed by atoms with van der Waals surface area (Å²) in [7, 11) is -2.27. The van der Waals surface area contributed by atoms with Crippen molar-refractivity contribution in [2.45, 2.75) is 19.6 Å². The molecule has 1 rings (SSSR count). The van der Waals surface area contributed by atoms with Gasteiger partial charge in [0.1, 0.15) is 0 Å². The van der Waals surface area contributed by atoms with E-state index in [0.29, 0.717) is 8.17 Å². The standard InChI is InChI=1S/C6H9Cl2N3O3Si/c1-15(2,3)11-5(13)9(7)4(12)10(8)6(11)14/h1-3H3. The van der Waals surface area contributed by atoms with Gasteiger partial charge < -0.3 is 0 Å². The van der Waals surface area contributed by atoms with Crippen molar-refractivity contribution in [3.8, 4) is 0 Å². The molecule has 0 radical (unpaired) electrons. The number of hydrogen-bond donors (Lipinski definition) is 0. The highest BCUT2D eigenvalue weighted by molar-refractivity contribution is 6.74. The molecule has 0 atom stereocenters. The third kappa shape index (κ3) is 1.94. The zero-order valence-electron chi connectivity index (χ0n) is 8.32. The van der Waals surface area contributed by atoms with Crippen LogP contribution >= 0.6 is 23.6 Å². The molecule has 0 spiro atoms. The van der Waals surface area contributed by atoms with Gasteiger partial charge in [-0.1, -0.05) is 19.6 Å². The second-order valence-electron chi connectivity index (χ2n) is 3.92. The lowest BCUT2D eigenvalue weighted by Gasteiger charge is -2.18. The molecule has 0 aliphatic carbocycles. The summed E-state index contributed by atoms with van der Waals surface area (Å²) in [6.07, 6.45) is 0. The van der Waals surface area contributed by atoms with Crippen LogP contribution in [0.3, 0.4) is 0 Å². The number of hydrogen-bond acceptors (Lipinski definition) is 3. The molecule has 0 N–H and O–H groups in total. The Hall–Kier alpha value is -0.793. The third-order valence-electron chi connectivity index (χ3n) is 1.73. The Morgan fingerprint density at radius 3 is 1.47 bits per heavy atom. The summed E-state index contributed by atoms with van der Waals surface area (Å²) in [6, 6.07) is 0. The van der Waals surface area contributed by atoms with Gasteiger partial charge in [0.25, 0.3) is 0 Å². The van der Waals surface area contributed by atoms with Crippen LogP contribution in [0.1, 0.15) is 0 Å². The van der Waals surface area contributed by atoms with Crippen molar-refractivity contribution < 1.29 is 0 Å². The van der Waals surface area contributed by atoms with E-state index in [1.807, 2.05) is 0 Å². The fourth-order valence-electron chi connectivity index (χ4n) is 1.07. The van der Waals surface area contributed by atoms with E-state index in [-0.39, 0.29) is 0 Å². The number of rotatable bonds is 1. The smallest absolute Gasteiger partial charge is 0.274 e. The maximum atomic E-state index is 11.6. The molecule has 0 bridgehead atoms. The van der Waals surface area contributed by atoms with Gasteiger partial charge in [-0.05, 0) is 0 Å². The predicted molar refractivity (Wildman–Crippen MR) is 60.5 cm³/mol. The normalized spacial score (nSPS) is 11.8. The maximum absolute atomic E-state index is 11.6. The van der Waals surface area contributed by atoms with Gasteiger partial charge in [-0.15, -0.1) is 0 Å². The van der Waals surface area contributed by atoms with E-state index in [0.717, 1.165) is 4.23 Å². The van der Waals surface area contributed by atoms with Gasteiger partial charge in [0, 0.05) is 23.6 Å². The predicted octanol–water partition coefficient (Wildman–Crippen LogP) is -0.141. The van der Waals surface area contributed by atoms with Gasteiger partial charge in [-0.25, -0.2) is 14.4 Å². The molecule has 0 aromatic carbocycles. The van der Waals surface area contributed by atoms with E-state index in [1.54, 1.807) is 19.6 Å². The zero-order chi connectivity index (χ0) is 12.0. The van der Waals surface area contributed by atoms with E-state index in [2.05, 4.69) is 0 Å². The number of nitrogens with zero attached hydrogens (tertiary/aromatic N) is 3. The first-order valence-electron chi connectivity index (χ1n) is 4.02. The fourth-order valence-corrected chi connectivity index (χ4v) is 2.89. The Kier molecular flexibility index (Phi) is 2.99. The quantitative estimate of drug-likeness (QED) is 0.667. The molecule has 0 unspecified atom stereocenters. The molecule has 15 heavy (non-hydrogen) atoms. The lowest BCUT2D eigenvalue weighted by Crippen LogP contribution is -2.58. The second kappa shape index (κ2) is 3.65. The third-order valence-corrected chi connectivity index (χ3v) is 4.03. The summed E-state index contributed by atoms with van der Waals surface area (Å²) in [6.45, 7) is 5.27. The van der Waals surface area contributed by atoms with Crippen LogP contribution < -0.4 is 17.1 Å². The molecule has 0 saturated carbocycles. The molecule has 0 fully saturated rings. The van der Waals surface area contributed by atoms with Gasteiger partial charge in [0.05, 0.1) is 0 Å². The van der Waals surface area contributed by atoms with Gasteiger partial charge in [-0.3, -0.25) is 4.23 Å². The van der Waals surface area contributed by atoms with Crippen LogP contribution in [0.15, 0.2) is 14.4 Å². The lowest BCUT2D eigenvalue weighted by atomic mass is 11.0. The Bertz CT molecular complexity index is 525. The van der Waals surface area contributed by atoms with Crippen LogP contribution in [0.25, 0.3) is 0 Å². The molecule has 6 nitrogen and oxygen atoms in total. The van der Waals surface area contributed by atoms with Crippen LogP contribution in [-0.2, 0) is 0 Å². The fraction of sp³-hybridized carbons (Fsp3) is 0.500. The van der Waals surface area contributed by atoms with Gasteiger partial charge in [-0.2, -0.15) is 8.17 Å². The number of halogens is 2. The molecule has 1 aromatic rings. The average Bonchev–Trinajstić information content (AvgIpc) is 2.09. The van der Waals surface area contributed by atoms with E-state index >= 15 is 0 Å². The van der Waals surface area contributed by atoms with Crippen molar-refractivity contribution >= 4 is 31.8 Å². The van der Waals surface area contributed by atoms with Crippen molar-refractivity contribution in [1.82, 2.24) is 12.4 Å². The Morgan fingerprint density at radius 1 is 0.867 bits per heavy atom. The summed E-state index contributed by atoms with van der Waals surface area (Å²) in [5.41, 5.74) is -2.74. The molecule has 0 aliphatic heterocycles. The molecule has 0 saturated heterocycles. The zero-order valence-corrected chi connectivity index (χ0v) is 10.8. The van der Waals surface area contributed by atoms with E-state index in [1.165, 1.54) is 0 Å². The highest BCUT2D eigenvalue weighted by Gasteiger charge is 2.25. The van der Waals surface area contributed by atoms with E-state index in [4.69, 9.17) is 23.6 Å². The minimum Gasteiger partial charge on any atom is -0.274 e. The minimum atomic E-state index is -2.27. The van der Waals surface area contributed by atoms with Crippen LogP contribution in [0.4, 0.5) is 0 Å². The van der Waals surface area contributed by atoms with Crippen molar-refractivity contribution in [2.75, 3.05) is 0 Å². The Labute approximate surface area is 95.6 Å². The van der Waals surface area contributed by atoms with Crippen molar-refractivity contribution in [3.63, 3.8) is 0 Å². The molecule has 84 valence electrons. The first kappa shape index (κ1) is 12.3. The summed E-state index contributed by atoms with van der Waals surface area (Å²) in [5.74, 6) is 0. The molecule has 0 amide bonds. The van der Waals surface area contributed by atoms with Crippen LogP contribution in [0.2, 0.25) is 19.6 Å². The minimum absolute atomic E-state index is 0.298. The lowest BCUT2D eigenvalue weighted by molar-refractivity contribution is 0.750. The second-order valence-corrected chi connectivity index (χ2v) is 9.38. The first-order chi connectivity index (χ1) is 6.68. The summed E-state index contributed by atoms with van der Waals surface area (Å²) >= 11 is 10.8. The van der Waals surface area contributed by atoms with Crippen LogP contribution in [0.5, 0.6) is 0 Å². The highest BCUT2D eigenvalue weighted by Crippen LogP contribution is 1.98. The van der Waals surface area contributed by atoms with Gasteiger partial charge >= 0.3 is 17.1 Å². The Morgan fingerprint density at radius 2 is 1.20 bits per heavy atom. The molecular formula is C6H9Cl2N3O3Si. The Balaban J connectivity index is 3.95. The summed E-state index contributed by atoms with van der Waals surface area (Å²) in [4.78, 5) is 34.3. The number of aromatic nitrogens is 3. The van der Waals surface area contributed by atoms with Crippen molar-refractivity contribution in [3.05, 3.63) is 31.5 Å². The molecule has 0 aliphatic rings.